The van der Waals surface area contributed by atoms with Crippen molar-refractivity contribution in [3.05, 3.63) is 51.4 Å². The zero-order valence-corrected chi connectivity index (χ0v) is 12.7. The minimum atomic E-state index is -0.228. The van der Waals surface area contributed by atoms with Crippen LogP contribution in [0.15, 0.2) is 27.1 Å². The number of rotatable bonds is 4. The summed E-state index contributed by atoms with van der Waals surface area (Å²) in [5, 5.41) is 3.20. The van der Waals surface area contributed by atoms with E-state index >= 15 is 0 Å². The van der Waals surface area contributed by atoms with Gasteiger partial charge < -0.3 is 9.73 Å². The third kappa shape index (κ3) is 3.42. The Kier molecular flexibility index (Phi) is 4.37. The fourth-order valence-electron chi connectivity index (χ4n) is 1.82. The number of halogens is 2. The monoisotopic (exact) mass is 326 g/mol. The van der Waals surface area contributed by atoms with Crippen molar-refractivity contribution >= 4 is 15.9 Å². The summed E-state index contributed by atoms with van der Waals surface area (Å²) in [6.45, 7) is 6.17. The third-order valence-corrected chi connectivity index (χ3v) is 3.55. The highest BCUT2D eigenvalue weighted by Gasteiger charge is 2.12. The van der Waals surface area contributed by atoms with Gasteiger partial charge in [-0.2, -0.15) is 0 Å². The van der Waals surface area contributed by atoms with E-state index in [9.17, 15) is 4.39 Å². The van der Waals surface area contributed by atoms with Crippen LogP contribution in [0, 0.1) is 19.7 Å². The molecule has 5 heteroatoms. The molecule has 1 atom stereocenters. The zero-order chi connectivity index (χ0) is 14.0. The number of nitrogens with zero attached hydrogens (tertiary/aromatic N) is 1. The van der Waals surface area contributed by atoms with Crippen LogP contribution < -0.4 is 5.32 Å². The first-order valence-corrected chi connectivity index (χ1v) is 6.88. The Hall–Kier alpha value is -1.20. The van der Waals surface area contributed by atoms with E-state index in [0.29, 0.717) is 18.0 Å². The van der Waals surface area contributed by atoms with Gasteiger partial charge in [-0.25, -0.2) is 9.37 Å². The maximum atomic E-state index is 13.8. The van der Waals surface area contributed by atoms with Crippen molar-refractivity contribution in [1.82, 2.24) is 10.3 Å². The van der Waals surface area contributed by atoms with Crippen LogP contribution in [0.1, 0.15) is 35.9 Å². The van der Waals surface area contributed by atoms with Crippen molar-refractivity contribution in [2.45, 2.75) is 33.4 Å². The van der Waals surface area contributed by atoms with Gasteiger partial charge in [-0.15, -0.1) is 0 Å². The molecule has 19 heavy (non-hydrogen) atoms. The lowest BCUT2D eigenvalue weighted by atomic mass is 10.1. The Labute approximate surface area is 120 Å². The number of hydrogen-bond donors (Lipinski definition) is 1. The molecule has 2 rings (SSSR count). The molecule has 0 amide bonds. The van der Waals surface area contributed by atoms with Crippen LogP contribution in [0.2, 0.25) is 0 Å². The number of nitrogens with one attached hydrogen (secondary N) is 1. The summed E-state index contributed by atoms with van der Waals surface area (Å²) in [5.41, 5.74) is 1.52. The van der Waals surface area contributed by atoms with Crippen LogP contribution in [0.4, 0.5) is 4.39 Å². The summed E-state index contributed by atoms with van der Waals surface area (Å²) in [6.07, 6.45) is 0. The second-order valence-electron chi connectivity index (χ2n) is 4.52. The predicted molar refractivity (Wildman–Crippen MR) is 75.3 cm³/mol. The first kappa shape index (κ1) is 14.2. The van der Waals surface area contributed by atoms with Crippen LogP contribution in [0.3, 0.4) is 0 Å². The molecule has 102 valence electrons. The molecule has 2 aromatic rings. The van der Waals surface area contributed by atoms with Gasteiger partial charge in [0.05, 0.1) is 12.2 Å². The Morgan fingerprint density at radius 3 is 2.74 bits per heavy atom. The zero-order valence-electron chi connectivity index (χ0n) is 11.1. The van der Waals surface area contributed by atoms with E-state index in [2.05, 4.69) is 26.2 Å². The second kappa shape index (κ2) is 5.84. The molecule has 0 saturated heterocycles. The molecule has 0 saturated carbocycles. The second-order valence-corrected chi connectivity index (χ2v) is 5.43. The van der Waals surface area contributed by atoms with Crippen molar-refractivity contribution < 1.29 is 8.81 Å². The maximum absolute atomic E-state index is 13.8. The Morgan fingerprint density at radius 2 is 2.16 bits per heavy atom. The van der Waals surface area contributed by atoms with Crippen LogP contribution in [0.25, 0.3) is 0 Å². The molecule has 1 aromatic carbocycles. The average Bonchev–Trinajstić information content (AvgIpc) is 2.66. The smallest absolute Gasteiger partial charge is 0.208 e. The SMILES string of the molecule is Cc1nc(CNC(C)c2ccc(Br)cc2F)oc1C. The van der Waals surface area contributed by atoms with E-state index < -0.39 is 0 Å². The van der Waals surface area contributed by atoms with Gasteiger partial charge in [-0.1, -0.05) is 22.0 Å². The van der Waals surface area contributed by atoms with Gasteiger partial charge in [0, 0.05) is 16.1 Å². The topological polar surface area (TPSA) is 38.1 Å². The Bertz CT molecular complexity index is 563. The Balaban J connectivity index is 2.03. The van der Waals surface area contributed by atoms with E-state index in [1.165, 1.54) is 6.07 Å². The molecule has 1 aromatic heterocycles. The van der Waals surface area contributed by atoms with E-state index in [0.717, 1.165) is 15.9 Å². The Morgan fingerprint density at radius 1 is 1.42 bits per heavy atom. The summed E-state index contributed by atoms with van der Waals surface area (Å²) in [4.78, 5) is 4.28. The van der Waals surface area contributed by atoms with Crippen molar-refractivity contribution in [2.24, 2.45) is 0 Å². The molecular weight excluding hydrogens is 311 g/mol. The number of benzene rings is 1. The minimum absolute atomic E-state index is 0.111. The maximum Gasteiger partial charge on any atom is 0.208 e. The lowest BCUT2D eigenvalue weighted by Gasteiger charge is -2.14. The number of aryl methyl sites for hydroxylation is 2. The lowest BCUT2D eigenvalue weighted by molar-refractivity contribution is 0.427. The highest BCUT2D eigenvalue weighted by molar-refractivity contribution is 9.10. The molecule has 0 aliphatic heterocycles. The standard InChI is InChI=1S/C14H16BrFN2O/c1-8-10(3)19-14(18-8)7-17-9(2)12-5-4-11(15)6-13(12)16/h4-6,9,17H,7H2,1-3H3. The van der Waals surface area contributed by atoms with Gasteiger partial charge in [0.2, 0.25) is 5.89 Å². The van der Waals surface area contributed by atoms with Gasteiger partial charge in [-0.3, -0.25) is 0 Å². The van der Waals surface area contributed by atoms with Crippen LogP contribution >= 0.6 is 15.9 Å². The molecule has 0 aliphatic carbocycles. The summed E-state index contributed by atoms with van der Waals surface area (Å²) in [5.74, 6) is 1.22. The first-order valence-electron chi connectivity index (χ1n) is 6.08. The fraction of sp³-hybridized carbons (Fsp3) is 0.357. The highest BCUT2D eigenvalue weighted by atomic mass is 79.9. The van der Waals surface area contributed by atoms with Crippen molar-refractivity contribution in [1.29, 1.82) is 0 Å². The van der Waals surface area contributed by atoms with E-state index in [-0.39, 0.29) is 11.9 Å². The number of aromatic nitrogens is 1. The largest absolute Gasteiger partial charge is 0.444 e. The van der Waals surface area contributed by atoms with Gasteiger partial charge in [0.15, 0.2) is 0 Å². The predicted octanol–water partition coefficient (Wildman–Crippen LogP) is 4.04. The van der Waals surface area contributed by atoms with Crippen molar-refractivity contribution in [3.8, 4) is 0 Å². The van der Waals surface area contributed by atoms with E-state index in [1.54, 1.807) is 6.07 Å². The van der Waals surface area contributed by atoms with Gasteiger partial charge >= 0.3 is 0 Å². The molecule has 1 heterocycles. The molecular formula is C14H16BrFN2O. The van der Waals surface area contributed by atoms with Crippen LogP contribution in [0.5, 0.6) is 0 Å². The molecule has 0 aliphatic rings. The normalized spacial score (nSPS) is 12.7. The molecule has 0 bridgehead atoms. The molecule has 0 radical (unpaired) electrons. The van der Waals surface area contributed by atoms with Gasteiger partial charge in [-0.05, 0) is 32.9 Å². The first-order chi connectivity index (χ1) is 8.97. The third-order valence-electron chi connectivity index (χ3n) is 3.06. The van der Waals surface area contributed by atoms with Gasteiger partial charge in [0.25, 0.3) is 0 Å². The minimum Gasteiger partial charge on any atom is -0.444 e. The van der Waals surface area contributed by atoms with Crippen LogP contribution in [-0.2, 0) is 6.54 Å². The van der Waals surface area contributed by atoms with Gasteiger partial charge in [0.1, 0.15) is 11.6 Å². The van der Waals surface area contributed by atoms with E-state index in [4.69, 9.17) is 4.42 Å². The van der Waals surface area contributed by atoms with Crippen LogP contribution in [-0.4, -0.2) is 4.98 Å². The summed E-state index contributed by atoms with van der Waals surface area (Å²) in [7, 11) is 0. The summed E-state index contributed by atoms with van der Waals surface area (Å²) >= 11 is 3.25. The quantitative estimate of drug-likeness (QED) is 0.921. The summed E-state index contributed by atoms with van der Waals surface area (Å²) in [6, 6.07) is 4.95. The fourth-order valence-corrected chi connectivity index (χ4v) is 2.15. The molecule has 1 unspecified atom stereocenters. The number of hydrogen-bond acceptors (Lipinski definition) is 3. The molecule has 0 spiro atoms. The summed E-state index contributed by atoms with van der Waals surface area (Å²) < 4.78 is 20.0. The average molecular weight is 327 g/mol. The lowest BCUT2D eigenvalue weighted by Crippen LogP contribution is -2.19. The van der Waals surface area contributed by atoms with Crippen molar-refractivity contribution in [3.63, 3.8) is 0 Å². The number of oxazole rings is 1. The molecule has 0 fully saturated rings. The highest BCUT2D eigenvalue weighted by Crippen LogP contribution is 2.21. The molecule has 1 N–H and O–H groups in total. The van der Waals surface area contributed by atoms with E-state index in [1.807, 2.05) is 26.8 Å². The van der Waals surface area contributed by atoms with Crippen molar-refractivity contribution in [2.75, 3.05) is 0 Å². The molecule has 3 nitrogen and oxygen atoms in total.